The van der Waals surface area contributed by atoms with Crippen LogP contribution in [-0.4, -0.2) is 32.1 Å². The van der Waals surface area contributed by atoms with Crippen LogP contribution in [0.25, 0.3) is 0 Å². The highest BCUT2D eigenvalue weighted by Gasteiger charge is 2.33. The Bertz CT molecular complexity index is 711. The van der Waals surface area contributed by atoms with Gasteiger partial charge in [-0.2, -0.15) is 0 Å². The third-order valence-corrected chi connectivity index (χ3v) is 4.77. The molecule has 0 saturated heterocycles. The van der Waals surface area contributed by atoms with E-state index in [-0.39, 0.29) is 5.97 Å². The maximum absolute atomic E-state index is 12.1. The lowest BCUT2D eigenvalue weighted by Crippen LogP contribution is -2.30. The largest absolute Gasteiger partial charge is 0.486 e. The Morgan fingerprint density at radius 3 is 2.48 bits per heavy atom. The first-order valence-corrected chi connectivity index (χ1v) is 9.16. The first kappa shape index (κ1) is 19.3. The zero-order valence-electron chi connectivity index (χ0n) is 15.4. The maximum Gasteiger partial charge on any atom is 0.322 e. The molecule has 0 N–H and O–H groups in total. The molecule has 0 aliphatic rings. The van der Waals surface area contributed by atoms with Crippen molar-refractivity contribution in [3.63, 3.8) is 0 Å². The minimum atomic E-state index is -0.731. The van der Waals surface area contributed by atoms with Crippen LogP contribution in [0.5, 0.6) is 5.75 Å². The molecule has 0 spiro atoms. The van der Waals surface area contributed by atoms with E-state index in [1.54, 1.807) is 6.92 Å². The average molecular weight is 363 g/mol. The van der Waals surface area contributed by atoms with E-state index < -0.39 is 4.75 Å². The molecule has 0 aliphatic carbocycles. The van der Waals surface area contributed by atoms with Crippen molar-refractivity contribution in [3.05, 3.63) is 35.7 Å². The Morgan fingerprint density at radius 2 is 1.88 bits per heavy atom. The van der Waals surface area contributed by atoms with Crippen molar-refractivity contribution in [2.75, 3.05) is 6.61 Å². The summed E-state index contributed by atoms with van der Waals surface area (Å²) in [5, 5.41) is 9.14. The van der Waals surface area contributed by atoms with Gasteiger partial charge in [-0.3, -0.25) is 4.79 Å². The van der Waals surface area contributed by atoms with Crippen LogP contribution < -0.4 is 4.74 Å². The molecular formula is C18H25N3O3S. The van der Waals surface area contributed by atoms with E-state index in [0.717, 1.165) is 11.6 Å². The predicted molar refractivity (Wildman–Crippen MR) is 97.8 cm³/mol. The summed E-state index contributed by atoms with van der Waals surface area (Å²) in [6, 6.07) is 7.87. The van der Waals surface area contributed by atoms with Gasteiger partial charge in [-0.05, 0) is 46.8 Å². The minimum Gasteiger partial charge on any atom is -0.486 e. The van der Waals surface area contributed by atoms with E-state index >= 15 is 0 Å². The second-order valence-electron chi connectivity index (χ2n) is 6.08. The monoisotopic (exact) mass is 363 g/mol. The fourth-order valence-electron chi connectivity index (χ4n) is 2.18. The molecule has 1 aromatic carbocycles. The van der Waals surface area contributed by atoms with Gasteiger partial charge < -0.3 is 14.0 Å². The zero-order chi connectivity index (χ0) is 18.4. The number of esters is 1. The quantitative estimate of drug-likeness (QED) is 0.527. The van der Waals surface area contributed by atoms with E-state index in [0.29, 0.717) is 24.9 Å². The Morgan fingerprint density at radius 1 is 1.20 bits per heavy atom. The molecule has 2 aromatic rings. The molecule has 2 rings (SSSR count). The third-order valence-electron chi connectivity index (χ3n) is 3.61. The number of rotatable bonds is 8. The van der Waals surface area contributed by atoms with E-state index in [4.69, 9.17) is 9.47 Å². The highest BCUT2D eigenvalue weighted by Crippen LogP contribution is 2.33. The number of hydrogen-bond acceptors (Lipinski definition) is 6. The maximum atomic E-state index is 12.1. The standard InChI is InChI=1S/C18H25N3O3S/c1-6-21-15(12-24-14-10-8-13(3)9-11-14)19-20-17(21)25-18(4,5)16(22)23-7-2/h8-11H,6-7,12H2,1-5H3. The van der Waals surface area contributed by atoms with Crippen molar-refractivity contribution < 1.29 is 14.3 Å². The van der Waals surface area contributed by atoms with Gasteiger partial charge in [-0.25, -0.2) is 0 Å². The number of ether oxygens (including phenoxy) is 2. The molecule has 0 saturated carbocycles. The molecule has 0 aliphatic heterocycles. The molecule has 1 aromatic heterocycles. The van der Waals surface area contributed by atoms with Gasteiger partial charge in [0.05, 0.1) is 6.61 Å². The first-order chi connectivity index (χ1) is 11.9. The number of benzene rings is 1. The number of carbonyl (C=O) groups excluding carboxylic acids is 1. The van der Waals surface area contributed by atoms with Crippen molar-refractivity contribution >= 4 is 17.7 Å². The fourth-order valence-corrected chi connectivity index (χ4v) is 3.20. The molecule has 1 heterocycles. The van der Waals surface area contributed by atoms with E-state index in [1.807, 2.05) is 56.5 Å². The summed E-state index contributed by atoms with van der Waals surface area (Å²) < 4.78 is 12.2. The zero-order valence-corrected chi connectivity index (χ0v) is 16.2. The summed E-state index contributed by atoms with van der Waals surface area (Å²) in [6.45, 7) is 10.9. The molecule has 136 valence electrons. The van der Waals surface area contributed by atoms with Crippen molar-refractivity contribution in [1.82, 2.24) is 14.8 Å². The molecule has 6 nitrogen and oxygen atoms in total. The lowest BCUT2D eigenvalue weighted by Gasteiger charge is -2.21. The second-order valence-corrected chi connectivity index (χ2v) is 7.67. The average Bonchev–Trinajstić information content (AvgIpc) is 2.95. The van der Waals surface area contributed by atoms with Gasteiger partial charge in [0.25, 0.3) is 0 Å². The summed E-state index contributed by atoms with van der Waals surface area (Å²) >= 11 is 1.35. The smallest absolute Gasteiger partial charge is 0.322 e. The van der Waals surface area contributed by atoms with E-state index in [2.05, 4.69) is 10.2 Å². The molecule has 0 amide bonds. The molecule has 7 heteroatoms. The molecule has 0 radical (unpaired) electrons. The van der Waals surface area contributed by atoms with E-state index in [9.17, 15) is 4.79 Å². The lowest BCUT2D eigenvalue weighted by molar-refractivity contribution is -0.145. The van der Waals surface area contributed by atoms with Crippen LogP contribution in [0.3, 0.4) is 0 Å². The Hall–Kier alpha value is -2.02. The number of nitrogens with zero attached hydrogens (tertiary/aromatic N) is 3. The van der Waals surface area contributed by atoms with Gasteiger partial charge in [0, 0.05) is 6.54 Å². The third kappa shape index (κ3) is 4.98. The highest BCUT2D eigenvalue weighted by atomic mass is 32.2. The number of thioether (sulfide) groups is 1. The molecule has 0 atom stereocenters. The summed E-state index contributed by atoms with van der Waals surface area (Å²) in [5.74, 6) is 1.26. The Kier molecular flexibility index (Phi) is 6.47. The van der Waals surface area contributed by atoms with Crippen LogP contribution >= 0.6 is 11.8 Å². The van der Waals surface area contributed by atoms with Gasteiger partial charge in [0.1, 0.15) is 17.1 Å². The summed E-state index contributed by atoms with van der Waals surface area (Å²) in [4.78, 5) is 12.1. The highest BCUT2D eigenvalue weighted by molar-refractivity contribution is 8.01. The summed E-state index contributed by atoms with van der Waals surface area (Å²) in [5.41, 5.74) is 1.18. The molecular weight excluding hydrogens is 338 g/mol. The van der Waals surface area contributed by atoms with Crippen molar-refractivity contribution in [2.24, 2.45) is 0 Å². The van der Waals surface area contributed by atoms with Crippen LogP contribution in [0, 0.1) is 6.92 Å². The Labute approximate surface area is 152 Å². The van der Waals surface area contributed by atoms with E-state index in [1.165, 1.54) is 17.3 Å². The molecule has 0 bridgehead atoms. The second kappa shape index (κ2) is 8.38. The normalized spacial score (nSPS) is 11.4. The van der Waals surface area contributed by atoms with Gasteiger partial charge in [0.15, 0.2) is 11.0 Å². The number of aryl methyl sites for hydroxylation is 1. The van der Waals surface area contributed by atoms with Crippen LogP contribution in [0.4, 0.5) is 0 Å². The van der Waals surface area contributed by atoms with Crippen LogP contribution in [0.2, 0.25) is 0 Å². The number of aromatic nitrogens is 3. The molecule has 0 unspecified atom stereocenters. The topological polar surface area (TPSA) is 66.2 Å². The van der Waals surface area contributed by atoms with Gasteiger partial charge >= 0.3 is 5.97 Å². The van der Waals surface area contributed by atoms with Gasteiger partial charge in [-0.1, -0.05) is 29.5 Å². The summed E-state index contributed by atoms with van der Waals surface area (Å²) in [7, 11) is 0. The fraction of sp³-hybridized carbons (Fsp3) is 0.500. The molecule has 25 heavy (non-hydrogen) atoms. The predicted octanol–water partition coefficient (Wildman–Crippen LogP) is 3.62. The van der Waals surface area contributed by atoms with Crippen molar-refractivity contribution in [1.29, 1.82) is 0 Å². The van der Waals surface area contributed by atoms with Crippen LogP contribution in [0.15, 0.2) is 29.4 Å². The molecule has 0 fully saturated rings. The van der Waals surface area contributed by atoms with Gasteiger partial charge in [-0.15, -0.1) is 10.2 Å². The van der Waals surface area contributed by atoms with Crippen LogP contribution in [-0.2, 0) is 22.7 Å². The van der Waals surface area contributed by atoms with Crippen molar-refractivity contribution in [3.8, 4) is 5.75 Å². The Balaban J connectivity index is 2.09. The van der Waals surface area contributed by atoms with Crippen molar-refractivity contribution in [2.45, 2.75) is 57.7 Å². The van der Waals surface area contributed by atoms with Gasteiger partial charge in [0.2, 0.25) is 0 Å². The SMILES string of the molecule is CCOC(=O)C(C)(C)Sc1nnc(COc2ccc(C)cc2)n1CC. The summed E-state index contributed by atoms with van der Waals surface area (Å²) in [6.07, 6.45) is 0. The first-order valence-electron chi connectivity index (χ1n) is 8.35. The van der Waals surface area contributed by atoms with Crippen LogP contribution in [0.1, 0.15) is 39.1 Å². The minimum absolute atomic E-state index is 0.261. The lowest BCUT2D eigenvalue weighted by atomic mass is 10.2. The number of carbonyl (C=O) groups is 1. The number of hydrogen-bond donors (Lipinski definition) is 0.